The van der Waals surface area contributed by atoms with Crippen molar-refractivity contribution >= 4 is 23.5 Å². The molecule has 0 radical (unpaired) electrons. The minimum Gasteiger partial charge on any atom is -0.452 e. The van der Waals surface area contributed by atoms with Gasteiger partial charge < -0.3 is 15.4 Å². The Hall–Kier alpha value is -2.63. The predicted molar refractivity (Wildman–Crippen MR) is 83.2 cm³/mol. The Balaban J connectivity index is 2.36. The van der Waals surface area contributed by atoms with Crippen LogP contribution in [0.15, 0.2) is 36.4 Å². The van der Waals surface area contributed by atoms with Gasteiger partial charge >= 0.3 is 5.97 Å². The standard InChI is InChI=1S/C16H20N2O4/c1-3-7-16(21)22-11-15(20)17-10-14(19)18-13-9-6-5-8-12(13)4-2/h3,5-9H,4,10-11H2,1-2H3,(H,17,20)(H,18,19)/b7-3+. The van der Waals surface area contributed by atoms with Crippen LogP contribution < -0.4 is 10.6 Å². The molecule has 0 aliphatic carbocycles. The van der Waals surface area contributed by atoms with Crippen molar-refractivity contribution in [1.29, 1.82) is 0 Å². The number of amides is 2. The average molecular weight is 304 g/mol. The largest absolute Gasteiger partial charge is 0.452 e. The Morgan fingerprint density at radius 2 is 1.91 bits per heavy atom. The van der Waals surface area contributed by atoms with Crippen LogP contribution in [0.2, 0.25) is 0 Å². The number of esters is 1. The number of ether oxygens (including phenoxy) is 1. The van der Waals surface area contributed by atoms with Gasteiger partial charge in [0.15, 0.2) is 6.61 Å². The second-order valence-electron chi connectivity index (χ2n) is 4.44. The van der Waals surface area contributed by atoms with Crippen molar-refractivity contribution in [2.45, 2.75) is 20.3 Å². The maximum atomic E-state index is 11.8. The van der Waals surface area contributed by atoms with Crippen LogP contribution in [0.4, 0.5) is 5.69 Å². The summed E-state index contributed by atoms with van der Waals surface area (Å²) in [6.07, 6.45) is 3.52. The molecule has 1 aromatic rings. The summed E-state index contributed by atoms with van der Waals surface area (Å²) < 4.78 is 4.66. The Morgan fingerprint density at radius 1 is 1.18 bits per heavy atom. The quantitative estimate of drug-likeness (QED) is 0.589. The number of carbonyl (C=O) groups is 3. The molecule has 0 unspecified atom stereocenters. The molecule has 2 amide bonds. The second kappa shape index (κ2) is 9.33. The van der Waals surface area contributed by atoms with Crippen LogP contribution in [0.25, 0.3) is 0 Å². The van der Waals surface area contributed by atoms with E-state index in [4.69, 9.17) is 0 Å². The number of anilines is 1. The van der Waals surface area contributed by atoms with Crippen LogP contribution in [0.3, 0.4) is 0 Å². The van der Waals surface area contributed by atoms with Gasteiger partial charge in [-0.3, -0.25) is 9.59 Å². The van der Waals surface area contributed by atoms with Gasteiger partial charge in [0.2, 0.25) is 5.91 Å². The van der Waals surface area contributed by atoms with Gasteiger partial charge in [0.25, 0.3) is 5.91 Å². The van der Waals surface area contributed by atoms with Gasteiger partial charge in [-0.05, 0) is 25.0 Å². The van der Waals surface area contributed by atoms with Gasteiger partial charge in [-0.2, -0.15) is 0 Å². The van der Waals surface area contributed by atoms with Crippen molar-refractivity contribution in [2.75, 3.05) is 18.5 Å². The highest BCUT2D eigenvalue weighted by Crippen LogP contribution is 2.14. The molecule has 0 saturated heterocycles. The molecular weight excluding hydrogens is 284 g/mol. The van der Waals surface area contributed by atoms with Crippen molar-refractivity contribution in [3.8, 4) is 0 Å². The fraction of sp³-hybridized carbons (Fsp3) is 0.312. The van der Waals surface area contributed by atoms with Crippen LogP contribution in [0, 0.1) is 0 Å². The number of hydrogen-bond acceptors (Lipinski definition) is 4. The van der Waals surface area contributed by atoms with E-state index < -0.39 is 18.5 Å². The number of benzene rings is 1. The molecule has 2 N–H and O–H groups in total. The lowest BCUT2D eigenvalue weighted by molar-refractivity contribution is -0.143. The summed E-state index contributed by atoms with van der Waals surface area (Å²) >= 11 is 0. The average Bonchev–Trinajstić information content (AvgIpc) is 2.51. The van der Waals surface area contributed by atoms with Crippen molar-refractivity contribution in [1.82, 2.24) is 5.32 Å². The number of nitrogens with one attached hydrogen (secondary N) is 2. The summed E-state index contributed by atoms with van der Waals surface area (Å²) in [7, 11) is 0. The first-order valence-corrected chi connectivity index (χ1v) is 7.00. The number of allylic oxidation sites excluding steroid dienone is 1. The minimum atomic E-state index is -0.598. The number of hydrogen-bond donors (Lipinski definition) is 2. The zero-order chi connectivity index (χ0) is 16.4. The van der Waals surface area contributed by atoms with Crippen LogP contribution in [-0.4, -0.2) is 30.9 Å². The number of aryl methyl sites for hydroxylation is 1. The van der Waals surface area contributed by atoms with Crippen molar-refractivity contribution in [2.24, 2.45) is 0 Å². The Morgan fingerprint density at radius 3 is 2.59 bits per heavy atom. The molecular formula is C16H20N2O4. The first kappa shape index (κ1) is 17.4. The molecule has 0 fully saturated rings. The van der Waals surface area contributed by atoms with E-state index in [-0.39, 0.29) is 12.5 Å². The number of carbonyl (C=O) groups excluding carboxylic acids is 3. The third-order valence-corrected chi connectivity index (χ3v) is 2.77. The lowest BCUT2D eigenvalue weighted by Crippen LogP contribution is -2.35. The summed E-state index contributed by atoms with van der Waals surface area (Å²) in [6.45, 7) is 3.06. The molecule has 1 rings (SSSR count). The van der Waals surface area contributed by atoms with Crippen LogP contribution >= 0.6 is 0 Å². The summed E-state index contributed by atoms with van der Waals surface area (Å²) in [5, 5.41) is 5.11. The van der Waals surface area contributed by atoms with Crippen LogP contribution in [0.1, 0.15) is 19.4 Å². The molecule has 0 aliphatic rings. The van der Waals surface area contributed by atoms with E-state index in [2.05, 4.69) is 15.4 Å². The zero-order valence-corrected chi connectivity index (χ0v) is 12.7. The van der Waals surface area contributed by atoms with Gasteiger partial charge in [0.1, 0.15) is 0 Å². The van der Waals surface area contributed by atoms with Gasteiger partial charge in [-0.15, -0.1) is 0 Å². The summed E-state index contributed by atoms with van der Waals surface area (Å²) in [4.78, 5) is 34.2. The van der Waals surface area contributed by atoms with Gasteiger partial charge in [-0.25, -0.2) is 4.79 Å². The van der Waals surface area contributed by atoms with Gasteiger partial charge in [0, 0.05) is 11.8 Å². The molecule has 0 atom stereocenters. The van der Waals surface area contributed by atoms with Crippen molar-refractivity contribution in [3.63, 3.8) is 0 Å². The molecule has 6 nitrogen and oxygen atoms in total. The molecule has 0 heterocycles. The van der Waals surface area contributed by atoms with Gasteiger partial charge in [0.05, 0.1) is 6.54 Å². The van der Waals surface area contributed by atoms with Gasteiger partial charge in [-0.1, -0.05) is 31.2 Å². The molecule has 0 aromatic heterocycles. The monoisotopic (exact) mass is 304 g/mol. The predicted octanol–water partition coefficient (Wildman–Crippen LogP) is 1.42. The zero-order valence-electron chi connectivity index (χ0n) is 12.7. The SMILES string of the molecule is C/C=C/C(=O)OCC(=O)NCC(=O)Nc1ccccc1CC. The second-order valence-corrected chi connectivity index (χ2v) is 4.44. The molecule has 0 bridgehead atoms. The van der Waals surface area contributed by atoms with Crippen molar-refractivity contribution < 1.29 is 19.1 Å². The highest BCUT2D eigenvalue weighted by atomic mass is 16.5. The molecule has 118 valence electrons. The van der Waals surface area contributed by atoms with Crippen molar-refractivity contribution in [3.05, 3.63) is 42.0 Å². The lowest BCUT2D eigenvalue weighted by Gasteiger charge is -2.10. The normalized spacial score (nSPS) is 10.3. The first-order valence-electron chi connectivity index (χ1n) is 7.00. The maximum absolute atomic E-state index is 11.8. The third kappa shape index (κ3) is 6.21. The van der Waals surface area contributed by atoms with E-state index in [1.807, 2.05) is 25.1 Å². The topological polar surface area (TPSA) is 84.5 Å². The van der Waals surface area contributed by atoms with E-state index >= 15 is 0 Å². The highest BCUT2D eigenvalue weighted by molar-refractivity contribution is 5.95. The molecule has 0 aliphatic heterocycles. The fourth-order valence-electron chi connectivity index (χ4n) is 1.70. The molecule has 0 saturated carbocycles. The molecule has 6 heteroatoms. The van der Waals surface area contributed by atoms with E-state index in [9.17, 15) is 14.4 Å². The van der Waals surface area contributed by atoms with E-state index in [0.717, 1.165) is 17.7 Å². The fourth-order valence-corrected chi connectivity index (χ4v) is 1.70. The van der Waals surface area contributed by atoms with E-state index in [0.29, 0.717) is 0 Å². The summed E-state index contributed by atoms with van der Waals surface area (Å²) in [5.41, 5.74) is 1.74. The van der Waals surface area contributed by atoms with Crippen LogP contribution in [-0.2, 0) is 25.5 Å². The summed E-state index contributed by atoms with van der Waals surface area (Å²) in [5.74, 6) is -1.47. The third-order valence-electron chi connectivity index (χ3n) is 2.77. The van der Waals surface area contributed by atoms with E-state index in [1.165, 1.54) is 12.2 Å². The highest BCUT2D eigenvalue weighted by Gasteiger charge is 2.09. The molecule has 0 spiro atoms. The smallest absolute Gasteiger partial charge is 0.330 e. The maximum Gasteiger partial charge on any atom is 0.330 e. The Labute approximate surface area is 129 Å². The summed E-state index contributed by atoms with van der Waals surface area (Å²) in [6, 6.07) is 7.45. The van der Waals surface area contributed by atoms with Crippen LogP contribution in [0.5, 0.6) is 0 Å². The first-order chi connectivity index (χ1) is 10.6. The minimum absolute atomic E-state index is 0.182. The lowest BCUT2D eigenvalue weighted by atomic mass is 10.1. The molecule has 22 heavy (non-hydrogen) atoms. The van der Waals surface area contributed by atoms with E-state index in [1.54, 1.807) is 13.0 Å². The number of para-hydroxylation sites is 1. The Kier molecular flexibility index (Phi) is 7.39. The Bertz CT molecular complexity index is 567. The molecule has 1 aromatic carbocycles. The number of rotatable bonds is 7.